The lowest BCUT2D eigenvalue weighted by Crippen LogP contribution is -2.05. The fourth-order valence-electron chi connectivity index (χ4n) is 1.34. The molecule has 0 aliphatic carbocycles. The molecule has 0 saturated heterocycles. The van der Waals surface area contributed by atoms with E-state index in [0.717, 1.165) is 26.0 Å². The van der Waals surface area contributed by atoms with Gasteiger partial charge < -0.3 is 0 Å². The maximum atomic E-state index is 10.8. The monoisotopic (exact) mass is 335 g/mol. The van der Waals surface area contributed by atoms with Gasteiger partial charge in [0.2, 0.25) is 0 Å². The summed E-state index contributed by atoms with van der Waals surface area (Å²) in [5, 5.41) is 0.877. The Labute approximate surface area is 112 Å². The summed E-state index contributed by atoms with van der Waals surface area (Å²) in [6, 6.07) is 5.88. The van der Waals surface area contributed by atoms with Gasteiger partial charge in [-0.3, -0.25) is 4.18 Å². The number of fused-ring (bicyclic) bond motifs is 1. The maximum absolute atomic E-state index is 10.8. The van der Waals surface area contributed by atoms with Crippen LogP contribution in [0.4, 0.5) is 0 Å². The van der Waals surface area contributed by atoms with Crippen LogP contribution in [0, 0.1) is 0 Å². The molecule has 4 nitrogen and oxygen atoms in total. The Balaban J connectivity index is 2.09. The average Bonchev–Trinajstić information content (AvgIpc) is 2.57. The molecule has 1 aromatic heterocycles. The minimum atomic E-state index is -3.36. The van der Waals surface area contributed by atoms with Gasteiger partial charge >= 0.3 is 0 Å². The van der Waals surface area contributed by atoms with Crippen LogP contribution in [0.1, 0.15) is 5.01 Å². The Kier molecular flexibility index (Phi) is 3.82. The first-order valence-corrected chi connectivity index (χ1v) is 8.26. The van der Waals surface area contributed by atoms with Gasteiger partial charge in [-0.05, 0) is 18.2 Å². The van der Waals surface area contributed by atoms with E-state index < -0.39 is 10.1 Å². The second-order valence-electron chi connectivity index (χ2n) is 3.50. The van der Waals surface area contributed by atoms with Gasteiger partial charge in [0.05, 0.1) is 28.1 Å². The van der Waals surface area contributed by atoms with Crippen molar-refractivity contribution in [3.63, 3.8) is 0 Å². The molecular weight excluding hydrogens is 326 g/mol. The van der Waals surface area contributed by atoms with Gasteiger partial charge in [-0.2, -0.15) is 8.42 Å². The van der Waals surface area contributed by atoms with Gasteiger partial charge in [-0.25, -0.2) is 4.98 Å². The standard InChI is InChI=1S/C10H10BrNO3S2/c1-17(13,14)15-5-4-10-12-8-6-7(11)2-3-9(8)16-10/h2-3,6H,4-5H2,1H3. The predicted octanol–water partition coefficient (Wildman–Crippen LogP) is 2.58. The van der Waals surface area contributed by atoms with Gasteiger partial charge in [0.15, 0.2) is 0 Å². The molecule has 2 aromatic rings. The number of aromatic nitrogens is 1. The highest BCUT2D eigenvalue weighted by atomic mass is 79.9. The summed E-state index contributed by atoms with van der Waals surface area (Å²) in [6.45, 7) is 0.139. The number of hydrogen-bond acceptors (Lipinski definition) is 5. The zero-order valence-corrected chi connectivity index (χ0v) is 12.2. The summed E-state index contributed by atoms with van der Waals surface area (Å²) in [5.74, 6) is 0. The zero-order chi connectivity index (χ0) is 12.5. The first-order valence-electron chi connectivity index (χ1n) is 4.83. The maximum Gasteiger partial charge on any atom is 0.264 e. The molecule has 0 unspecified atom stereocenters. The SMILES string of the molecule is CS(=O)(=O)OCCc1nc2cc(Br)ccc2s1. The molecule has 0 radical (unpaired) electrons. The van der Waals surface area contributed by atoms with Crippen LogP contribution in [-0.4, -0.2) is 26.3 Å². The number of hydrogen-bond donors (Lipinski definition) is 0. The second-order valence-corrected chi connectivity index (χ2v) is 7.17. The van der Waals surface area contributed by atoms with Crippen LogP contribution >= 0.6 is 27.3 Å². The van der Waals surface area contributed by atoms with Crippen LogP contribution in [0.2, 0.25) is 0 Å². The molecule has 2 rings (SSSR count). The summed E-state index contributed by atoms with van der Waals surface area (Å²) in [4.78, 5) is 4.41. The molecule has 0 N–H and O–H groups in total. The topological polar surface area (TPSA) is 56.3 Å². The number of halogens is 1. The third-order valence-electron chi connectivity index (χ3n) is 2.01. The summed E-state index contributed by atoms with van der Waals surface area (Å²) < 4.78 is 28.3. The van der Waals surface area contributed by atoms with E-state index in [0.29, 0.717) is 6.42 Å². The molecule has 0 fully saturated rings. The minimum Gasteiger partial charge on any atom is -0.270 e. The summed E-state index contributed by atoms with van der Waals surface area (Å²) in [6.07, 6.45) is 1.55. The smallest absolute Gasteiger partial charge is 0.264 e. The van der Waals surface area contributed by atoms with E-state index in [1.165, 1.54) is 0 Å². The minimum absolute atomic E-state index is 0.139. The number of benzene rings is 1. The number of thiazole rings is 1. The van der Waals surface area contributed by atoms with Crippen molar-refractivity contribution < 1.29 is 12.6 Å². The van der Waals surface area contributed by atoms with Crippen LogP contribution in [-0.2, 0) is 20.7 Å². The van der Waals surface area contributed by atoms with E-state index >= 15 is 0 Å². The molecule has 0 bridgehead atoms. The van der Waals surface area contributed by atoms with Crippen LogP contribution in [0.15, 0.2) is 22.7 Å². The number of rotatable bonds is 4. The second kappa shape index (κ2) is 5.01. The van der Waals surface area contributed by atoms with Gasteiger partial charge in [-0.1, -0.05) is 15.9 Å². The first-order chi connectivity index (χ1) is 7.94. The highest BCUT2D eigenvalue weighted by Crippen LogP contribution is 2.25. The van der Waals surface area contributed by atoms with Crippen molar-refractivity contribution in [3.8, 4) is 0 Å². The van der Waals surface area contributed by atoms with E-state index in [4.69, 9.17) is 0 Å². The van der Waals surface area contributed by atoms with Crippen LogP contribution in [0.3, 0.4) is 0 Å². The van der Waals surface area contributed by atoms with Gasteiger partial charge in [0, 0.05) is 10.9 Å². The Morgan fingerprint density at radius 1 is 1.47 bits per heavy atom. The quantitative estimate of drug-likeness (QED) is 0.806. The van der Waals surface area contributed by atoms with E-state index in [1.54, 1.807) is 11.3 Å². The first kappa shape index (κ1) is 12.9. The van der Waals surface area contributed by atoms with E-state index in [9.17, 15) is 8.42 Å². The van der Waals surface area contributed by atoms with Crippen LogP contribution < -0.4 is 0 Å². The number of nitrogens with zero attached hydrogens (tertiary/aromatic N) is 1. The third kappa shape index (κ3) is 3.74. The van der Waals surface area contributed by atoms with Crippen molar-refractivity contribution in [2.24, 2.45) is 0 Å². The highest BCUT2D eigenvalue weighted by molar-refractivity contribution is 9.10. The molecule has 17 heavy (non-hydrogen) atoms. The highest BCUT2D eigenvalue weighted by Gasteiger charge is 2.06. The summed E-state index contributed by atoms with van der Waals surface area (Å²) in [5.41, 5.74) is 0.915. The zero-order valence-electron chi connectivity index (χ0n) is 9.01. The van der Waals surface area contributed by atoms with Crippen molar-refractivity contribution >= 4 is 47.6 Å². The van der Waals surface area contributed by atoms with E-state index in [-0.39, 0.29) is 6.61 Å². The lowest BCUT2D eigenvalue weighted by molar-refractivity contribution is 0.326. The van der Waals surface area contributed by atoms with E-state index in [1.807, 2.05) is 18.2 Å². The summed E-state index contributed by atoms with van der Waals surface area (Å²) in [7, 11) is -3.36. The molecule has 0 saturated carbocycles. The third-order valence-corrected chi connectivity index (χ3v) is 4.19. The molecule has 1 heterocycles. The Bertz CT molecular complexity index is 636. The van der Waals surface area contributed by atoms with Crippen molar-refractivity contribution in [3.05, 3.63) is 27.7 Å². The molecule has 0 aliphatic heterocycles. The molecule has 7 heteroatoms. The fourth-order valence-corrected chi connectivity index (χ4v) is 3.00. The molecule has 1 aromatic carbocycles. The fraction of sp³-hybridized carbons (Fsp3) is 0.300. The Morgan fingerprint density at radius 3 is 2.94 bits per heavy atom. The molecular formula is C10H10BrNO3S2. The van der Waals surface area contributed by atoms with Crippen molar-refractivity contribution in [1.82, 2.24) is 4.98 Å². The van der Waals surface area contributed by atoms with Crippen molar-refractivity contribution in [2.75, 3.05) is 12.9 Å². The summed E-state index contributed by atoms with van der Waals surface area (Å²) >= 11 is 4.93. The van der Waals surface area contributed by atoms with Crippen LogP contribution in [0.5, 0.6) is 0 Å². The molecule has 0 aliphatic rings. The molecule has 0 amide bonds. The average molecular weight is 336 g/mol. The largest absolute Gasteiger partial charge is 0.270 e. The Hall–Kier alpha value is -0.500. The molecule has 92 valence electrons. The Morgan fingerprint density at radius 2 is 2.24 bits per heavy atom. The molecule has 0 atom stereocenters. The van der Waals surface area contributed by atoms with Crippen molar-refractivity contribution in [2.45, 2.75) is 6.42 Å². The van der Waals surface area contributed by atoms with Gasteiger partial charge in [0.25, 0.3) is 10.1 Å². The normalized spacial score (nSPS) is 12.1. The molecule has 0 spiro atoms. The van der Waals surface area contributed by atoms with E-state index in [2.05, 4.69) is 25.1 Å². The van der Waals surface area contributed by atoms with Gasteiger partial charge in [0.1, 0.15) is 0 Å². The van der Waals surface area contributed by atoms with Gasteiger partial charge in [-0.15, -0.1) is 11.3 Å². The predicted molar refractivity (Wildman–Crippen MR) is 71.8 cm³/mol. The van der Waals surface area contributed by atoms with Crippen LogP contribution in [0.25, 0.3) is 10.2 Å². The lowest BCUT2D eigenvalue weighted by atomic mass is 10.3. The lowest BCUT2D eigenvalue weighted by Gasteiger charge is -1.97. The van der Waals surface area contributed by atoms with Crippen molar-refractivity contribution in [1.29, 1.82) is 0 Å².